The minimum atomic E-state index is -3.02. The molecule has 0 amide bonds. The molecule has 0 aliphatic carbocycles. The van der Waals surface area contributed by atoms with E-state index in [0.29, 0.717) is 5.69 Å². The summed E-state index contributed by atoms with van der Waals surface area (Å²) in [5.74, 6) is -3.02. The summed E-state index contributed by atoms with van der Waals surface area (Å²) in [5, 5.41) is 0. The number of nitrogen functional groups attached to an aromatic ring is 1. The van der Waals surface area contributed by atoms with Crippen molar-refractivity contribution in [3.05, 3.63) is 64.7 Å². The van der Waals surface area contributed by atoms with Gasteiger partial charge in [-0.1, -0.05) is 24.3 Å². The summed E-state index contributed by atoms with van der Waals surface area (Å²) < 4.78 is 28.6. The first-order valence-electron chi connectivity index (χ1n) is 5.73. The van der Waals surface area contributed by atoms with Crippen LogP contribution < -0.4 is 5.73 Å². The van der Waals surface area contributed by atoms with E-state index in [0.717, 1.165) is 11.1 Å². The predicted molar refractivity (Wildman–Crippen MR) is 69.8 cm³/mol. The van der Waals surface area contributed by atoms with Gasteiger partial charge in [0.25, 0.3) is 5.92 Å². The summed E-state index contributed by atoms with van der Waals surface area (Å²) in [5.41, 5.74) is 7.68. The highest BCUT2D eigenvalue weighted by molar-refractivity contribution is 5.46. The van der Waals surface area contributed by atoms with Crippen LogP contribution in [0.2, 0.25) is 0 Å². The van der Waals surface area contributed by atoms with Crippen LogP contribution in [0, 0.1) is 13.8 Å². The van der Waals surface area contributed by atoms with Crippen LogP contribution >= 0.6 is 0 Å². The Hall–Kier alpha value is -1.90. The summed E-state index contributed by atoms with van der Waals surface area (Å²) >= 11 is 0. The largest absolute Gasteiger partial charge is 0.399 e. The van der Waals surface area contributed by atoms with Crippen LogP contribution in [0.4, 0.5) is 14.5 Å². The zero-order valence-corrected chi connectivity index (χ0v) is 10.4. The number of hydrogen-bond acceptors (Lipinski definition) is 1. The van der Waals surface area contributed by atoms with Crippen LogP contribution in [0.15, 0.2) is 42.5 Å². The molecular weight excluding hydrogens is 232 g/mol. The van der Waals surface area contributed by atoms with E-state index >= 15 is 0 Å². The van der Waals surface area contributed by atoms with Crippen LogP contribution in [0.25, 0.3) is 0 Å². The maximum absolute atomic E-state index is 14.3. The van der Waals surface area contributed by atoms with E-state index in [1.807, 2.05) is 13.8 Å². The number of nitrogens with two attached hydrogens (primary N) is 1. The molecule has 1 nitrogen and oxygen atoms in total. The van der Waals surface area contributed by atoms with Crippen LogP contribution in [-0.2, 0) is 5.92 Å². The Kier molecular flexibility index (Phi) is 3.07. The van der Waals surface area contributed by atoms with Crippen molar-refractivity contribution in [1.82, 2.24) is 0 Å². The molecule has 0 spiro atoms. The second kappa shape index (κ2) is 4.41. The fourth-order valence-corrected chi connectivity index (χ4v) is 1.84. The zero-order chi connectivity index (χ0) is 13.3. The monoisotopic (exact) mass is 247 g/mol. The summed E-state index contributed by atoms with van der Waals surface area (Å²) in [4.78, 5) is 0. The number of hydrogen-bond donors (Lipinski definition) is 1. The molecule has 0 saturated carbocycles. The van der Waals surface area contributed by atoms with Gasteiger partial charge in [0.05, 0.1) is 0 Å². The second-order valence-electron chi connectivity index (χ2n) is 4.50. The van der Waals surface area contributed by atoms with Crippen LogP contribution in [-0.4, -0.2) is 0 Å². The van der Waals surface area contributed by atoms with Gasteiger partial charge in [0.1, 0.15) is 0 Å². The minimum Gasteiger partial charge on any atom is -0.399 e. The molecule has 2 rings (SSSR count). The average Bonchev–Trinajstić information content (AvgIpc) is 2.32. The lowest BCUT2D eigenvalue weighted by atomic mass is 9.97. The number of rotatable bonds is 2. The van der Waals surface area contributed by atoms with Gasteiger partial charge in [0.2, 0.25) is 0 Å². The molecule has 0 bridgehead atoms. The third kappa shape index (κ3) is 2.21. The number of alkyl halides is 2. The fraction of sp³-hybridized carbons (Fsp3) is 0.200. The van der Waals surface area contributed by atoms with E-state index in [4.69, 9.17) is 5.73 Å². The van der Waals surface area contributed by atoms with E-state index in [1.54, 1.807) is 18.2 Å². The van der Waals surface area contributed by atoms with Crippen molar-refractivity contribution in [2.24, 2.45) is 0 Å². The molecule has 2 N–H and O–H groups in total. The molecule has 0 aliphatic heterocycles. The molecule has 18 heavy (non-hydrogen) atoms. The van der Waals surface area contributed by atoms with Crippen molar-refractivity contribution in [3.8, 4) is 0 Å². The molecule has 2 aromatic rings. The summed E-state index contributed by atoms with van der Waals surface area (Å²) in [6.45, 7) is 3.73. The van der Waals surface area contributed by atoms with Crippen molar-refractivity contribution >= 4 is 5.69 Å². The molecule has 0 fully saturated rings. The van der Waals surface area contributed by atoms with E-state index < -0.39 is 5.92 Å². The van der Waals surface area contributed by atoms with Gasteiger partial charge < -0.3 is 5.73 Å². The number of halogens is 2. The lowest BCUT2D eigenvalue weighted by molar-refractivity contribution is 0.0428. The normalized spacial score (nSPS) is 11.6. The molecule has 0 unspecified atom stereocenters. The third-order valence-electron chi connectivity index (χ3n) is 3.12. The highest BCUT2D eigenvalue weighted by Gasteiger charge is 2.34. The molecule has 0 atom stereocenters. The Bertz CT molecular complexity index is 576. The first kappa shape index (κ1) is 12.6. The lowest BCUT2D eigenvalue weighted by Crippen LogP contribution is -2.15. The van der Waals surface area contributed by atoms with Gasteiger partial charge in [0, 0.05) is 16.8 Å². The molecule has 2 aromatic carbocycles. The Labute approximate surface area is 105 Å². The highest BCUT2D eigenvalue weighted by Crippen LogP contribution is 2.36. The van der Waals surface area contributed by atoms with Crippen LogP contribution in [0.5, 0.6) is 0 Å². The SMILES string of the molecule is Cc1ccc(C(F)(F)c2cccc(N)c2)cc1C. The van der Waals surface area contributed by atoms with Gasteiger partial charge in [-0.05, 0) is 43.2 Å². The Morgan fingerprint density at radius 3 is 2.17 bits per heavy atom. The van der Waals surface area contributed by atoms with Gasteiger partial charge in [0.15, 0.2) is 0 Å². The van der Waals surface area contributed by atoms with Crippen LogP contribution in [0.3, 0.4) is 0 Å². The summed E-state index contributed by atoms with van der Waals surface area (Å²) in [6, 6.07) is 10.6. The summed E-state index contributed by atoms with van der Waals surface area (Å²) in [7, 11) is 0. The molecule has 3 heteroatoms. The maximum atomic E-state index is 14.3. The van der Waals surface area contributed by atoms with E-state index in [9.17, 15) is 8.78 Å². The zero-order valence-electron chi connectivity index (χ0n) is 10.4. The molecule has 0 radical (unpaired) electrons. The maximum Gasteiger partial charge on any atom is 0.298 e. The number of aryl methyl sites for hydroxylation is 2. The topological polar surface area (TPSA) is 26.0 Å². The van der Waals surface area contributed by atoms with Gasteiger partial charge in [-0.2, -0.15) is 8.78 Å². The van der Waals surface area contributed by atoms with E-state index in [2.05, 4.69) is 0 Å². The number of anilines is 1. The van der Waals surface area contributed by atoms with Crippen molar-refractivity contribution in [2.75, 3.05) is 5.73 Å². The standard InChI is InChI=1S/C15H15F2N/c1-10-6-7-13(8-11(10)2)15(16,17)12-4-3-5-14(18)9-12/h3-9H,18H2,1-2H3. The smallest absolute Gasteiger partial charge is 0.298 e. The van der Waals surface area contributed by atoms with Crippen molar-refractivity contribution in [3.63, 3.8) is 0 Å². The molecule has 0 aromatic heterocycles. The minimum absolute atomic E-state index is 0.00352. The van der Waals surface area contributed by atoms with E-state index in [-0.39, 0.29) is 11.1 Å². The van der Waals surface area contributed by atoms with E-state index in [1.165, 1.54) is 24.3 Å². The first-order valence-corrected chi connectivity index (χ1v) is 5.73. The first-order chi connectivity index (χ1) is 8.41. The van der Waals surface area contributed by atoms with Crippen molar-refractivity contribution in [2.45, 2.75) is 19.8 Å². The summed E-state index contributed by atoms with van der Waals surface area (Å²) in [6.07, 6.45) is 0. The van der Waals surface area contributed by atoms with Gasteiger partial charge in [-0.15, -0.1) is 0 Å². The molecule has 0 aliphatic rings. The molecular formula is C15H15F2N. The van der Waals surface area contributed by atoms with Gasteiger partial charge >= 0.3 is 0 Å². The Morgan fingerprint density at radius 2 is 1.56 bits per heavy atom. The fourth-order valence-electron chi connectivity index (χ4n) is 1.84. The predicted octanol–water partition coefficient (Wildman–Crippen LogP) is 4.03. The second-order valence-corrected chi connectivity index (χ2v) is 4.50. The highest BCUT2D eigenvalue weighted by atomic mass is 19.3. The Morgan fingerprint density at radius 1 is 0.889 bits per heavy atom. The number of benzene rings is 2. The lowest BCUT2D eigenvalue weighted by Gasteiger charge is -2.18. The van der Waals surface area contributed by atoms with Crippen molar-refractivity contribution in [1.29, 1.82) is 0 Å². The van der Waals surface area contributed by atoms with Gasteiger partial charge in [-0.3, -0.25) is 0 Å². The third-order valence-corrected chi connectivity index (χ3v) is 3.12. The molecule has 94 valence electrons. The molecule has 0 saturated heterocycles. The van der Waals surface area contributed by atoms with Crippen LogP contribution in [0.1, 0.15) is 22.3 Å². The van der Waals surface area contributed by atoms with Crippen molar-refractivity contribution < 1.29 is 8.78 Å². The average molecular weight is 247 g/mol. The Balaban J connectivity index is 2.50. The molecule has 0 heterocycles. The van der Waals surface area contributed by atoms with Gasteiger partial charge in [-0.25, -0.2) is 0 Å². The quantitative estimate of drug-likeness (QED) is 0.797.